The van der Waals surface area contributed by atoms with Crippen molar-refractivity contribution in [2.24, 2.45) is 13.0 Å². The van der Waals surface area contributed by atoms with Crippen molar-refractivity contribution in [2.45, 2.75) is 47.2 Å². The monoisotopic (exact) mass is 438 g/mol. The number of aromatic nitrogens is 4. The second-order valence-electron chi connectivity index (χ2n) is 9.43. The van der Waals surface area contributed by atoms with Gasteiger partial charge in [-0.2, -0.15) is 4.98 Å². The molecule has 0 unspecified atom stereocenters. The first-order valence-corrected chi connectivity index (χ1v) is 11.5. The van der Waals surface area contributed by atoms with Crippen molar-refractivity contribution in [3.63, 3.8) is 0 Å². The van der Waals surface area contributed by atoms with E-state index in [9.17, 15) is 9.59 Å². The minimum absolute atomic E-state index is 0.362. The van der Waals surface area contributed by atoms with Crippen LogP contribution in [0.3, 0.4) is 0 Å². The third kappa shape index (κ3) is 4.37. The van der Waals surface area contributed by atoms with Crippen LogP contribution < -0.4 is 16.1 Å². The van der Waals surface area contributed by atoms with E-state index >= 15 is 0 Å². The summed E-state index contributed by atoms with van der Waals surface area (Å²) in [6.45, 7) is 13.8. The number of imidazole rings is 1. The van der Waals surface area contributed by atoms with Gasteiger partial charge in [0.05, 0.1) is 0 Å². The zero-order valence-corrected chi connectivity index (χ0v) is 19.8. The number of fused-ring (bicyclic) bond motifs is 1. The number of H-pyrrole nitrogens is 1. The van der Waals surface area contributed by atoms with Crippen LogP contribution in [0.4, 0.5) is 5.95 Å². The van der Waals surface area contributed by atoms with Crippen molar-refractivity contribution in [1.29, 1.82) is 0 Å². The van der Waals surface area contributed by atoms with Gasteiger partial charge >= 0.3 is 5.69 Å². The van der Waals surface area contributed by atoms with Crippen molar-refractivity contribution in [1.82, 2.24) is 24.0 Å². The average molecular weight is 439 g/mol. The van der Waals surface area contributed by atoms with Crippen LogP contribution in [0.15, 0.2) is 27.8 Å². The fourth-order valence-electron chi connectivity index (χ4n) is 4.38. The van der Waals surface area contributed by atoms with Crippen LogP contribution in [-0.2, 0) is 20.1 Å². The molecule has 1 aromatic carbocycles. The van der Waals surface area contributed by atoms with E-state index in [0.717, 1.165) is 45.1 Å². The summed E-state index contributed by atoms with van der Waals surface area (Å²) in [5.74, 6) is 1.29. The van der Waals surface area contributed by atoms with Crippen molar-refractivity contribution in [3.8, 4) is 0 Å². The topological polar surface area (TPSA) is 79.2 Å². The molecule has 0 spiro atoms. The predicted octanol–water partition coefficient (Wildman–Crippen LogP) is 2.41. The van der Waals surface area contributed by atoms with E-state index in [-0.39, 0.29) is 5.56 Å². The van der Waals surface area contributed by atoms with Crippen LogP contribution in [0.25, 0.3) is 11.2 Å². The third-order valence-electron chi connectivity index (χ3n) is 6.47. The number of nitrogens with one attached hydrogen (secondary N) is 1. The van der Waals surface area contributed by atoms with Crippen LogP contribution in [0.1, 0.15) is 37.0 Å². The van der Waals surface area contributed by atoms with Gasteiger partial charge in [-0.3, -0.25) is 19.2 Å². The van der Waals surface area contributed by atoms with Crippen LogP contribution >= 0.6 is 0 Å². The van der Waals surface area contributed by atoms with Gasteiger partial charge in [-0.15, -0.1) is 0 Å². The van der Waals surface area contributed by atoms with Crippen LogP contribution in [0, 0.1) is 19.8 Å². The van der Waals surface area contributed by atoms with Gasteiger partial charge in [-0.1, -0.05) is 37.6 Å². The molecule has 32 heavy (non-hydrogen) atoms. The van der Waals surface area contributed by atoms with E-state index < -0.39 is 5.69 Å². The summed E-state index contributed by atoms with van der Waals surface area (Å²) >= 11 is 0. The van der Waals surface area contributed by atoms with E-state index in [1.807, 2.05) is 4.57 Å². The van der Waals surface area contributed by atoms with Crippen LogP contribution in [0.2, 0.25) is 0 Å². The molecular weight excluding hydrogens is 404 g/mol. The molecule has 0 saturated carbocycles. The molecule has 1 fully saturated rings. The Morgan fingerprint density at radius 1 is 1.09 bits per heavy atom. The van der Waals surface area contributed by atoms with Crippen molar-refractivity contribution < 1.29 is 0 Å². The summed E-state index contributed by atoms with van der Waals surface area (Å²) in [4.78, 5) is 36.7. The van der Waals surface area contributed by atoms with E-state index in [1.54, 1.807) is 7.05 Å². The fourth-order valence-corrected chi connectivity index (χ4v) is 4.38. The highest BCUT2D eigenvalue weighted by molar-refractivity contribution is 5.74. The maximum Gasteiger partial charge on any atom is 0.329 e. The molecule has 172 valence electrons. The molecule has 8 heteroatoms. The molecule has 3 aromatic rings. The lowest BCUT2D eigenvalue weighted by molar-refractivity contribution is 0.247. The molecule has 0 amide bonds. The maximum absolute atomic E-state index is 12.7. The quantitative estimate of drug-likeness (QED) is 0.639. The molecule has 1 N–H and O–H groups in total. The van der Waals surface area contributed by atoms with Gasteiger partial charge in [-0.25, -0.2) is 4.79 Å². The molecule has 0 radical (unpaired) electrons. The van der Waals surface area contributed by atoms with Gasteiger partial charge in [0.15, 0.2) is 11.2 Å². The Kier molecular flexibility index (Phi) is 6.24. The largest absolute Gasteiger partial charge is 0.340 e. The van der Waals surface area contributed by atoms with Crippen molar-refractivity contribution in [3.05, 3.63) is 55.7 Å². The minimum Gasteiger partial charge on any atom is -0.340 e. The predicted molar refractivity (Wildman–Crippen MR) is 128 cm³/mol. The Hall–Kier alpha value is -2.87. The zero-order chi connectivity index (χ0) is 23.0. The Morgan fingerprint density at radius 2 is 1.81 bits per heavy atom. The first-order valence-electron chi connectivity index (χ1n) is 11.5. The minimum atomic E-state index is -0.430. The first kappa shape index (κ1) is 22.3. The highest BCUT2D eigenvalue weighted by atomic mass is 16.2. The van der Waals surface area contributed by atoms with Gasteiger partial charge in [0.25, 0.3) is 5.56 Å². The van der Waals surface area contributed by atoms with E-state index in [1.165, 1.54) is 21.3 Å². The number of hydrogen-bond acceptors (Lipinski definition) is 5. The first-order chi connectivity index (χ1) is 15.2. The van der Waals surface area contributed by atoms with E-state index in [0.29, 0.717) is 23.6 Å². The second-order valence-corrected chi connectivity index (χ2v) is 9.43. The molecule has 1 aliphatic rings. The van der Waals surface area contributed by atoms with Crippen molar-refractivity contribution >= 4 is 17.1 Å². The van der Waals surface area contributed by atoms with Crippen molar-refractivity contribution in [2.75, 3.05) is 31.1 Å². The third-order valence-corrected chi connectivity index (χ3v) is 6.47. The fraction of sp³-hybridized carbons (Fsp3) is 0.542. The molecular formula is C24H34N6O2. The number of anilines is 1. The molecule has 0 bridgehead atoms. The summed E-state index contributed by atoms with van der Waals surface area (Å²) in [7, 11) is 1.66. The molecule has 0 atom stereocenters. The lowest BCUT2D eigenvalue weighted by atomic mass is 10.0. The Balaban J connectivity index is 1.60. The maximum atomic E-state index is 12.7. The number of hydrogen-bond donors (Lipinski definition) is 1. The van der Waals surface area contributed by atoms with Gasteiger partial charge in [0.1, 0.15) is 0 Å². The number of nitrogens with zero attached hydrogens (tertiary/aromatic N) is 5. The SMILES string of the molecule is Cc1ccc(C)c(CN2CCN(c3nc4c(c(=O)[nH]c(=O)n4C)n3CCC(C)C)CC2)c1. The summed E-state index contributed by atoms with van der Waals surface area (Å²) < 4.78 is 3.44. The number of aryl methyl sites for hydroxylation is 4. The average Bonchev–Trinajstić information content (AvgIpc) is 3.14. The smallest absolute Gasteiger partial charge is 0.329 e. The Labute approximate surface area is 188 Å². The molecule has 0 aliphatic carbocycles. The summed E-state index contributed by atoms with van der Waals surface area (Å²) in [5, 5.41) is 0. The van der Waals surface area contributed by atoms with E-state index in [4.69, 9.17) is 4.98 Å². The zero-order valence-electron chi connectivity index (χ0n) is 19.8. The summed E-state index contributed by atoms with van der Waals surface area (Å²) in [5.41, 5.74) is 4.15. The molecule has 1 saturated heterocycles. The van der Waals surface area contributed by atoms with Gasteiger partial charge < -0.3 is 9.47 Å². The molecule has 1 aliphatic heterocycles. The lowest BCUT2D eigenvalue weighted by Gasteiger charge is -2.35. The normalized spacial score (nSPS) is 15.2. The van der Waals surface area contributed by atoms with Gasteiger partial charge in [0, 0.05) is 46.3 Å². The van der Waals surface area contributed by atoms with Crippen LogP contribution in [-0.4, -0.2) is 50.2 Å². The Bertz CT molecular complexity index is 1230. The Morgan fingerprint density at radius 3 is 2.50 bits per heavy atom. The van der Waals surface area contributed by atoms with Gasteiger partial charge in [0.2, 0.25) is 5.95 Å². The standard InChI is InChI=1S/C24H34N6O2/c1-16(2)8-9-30-20-21(27(5)24(32)26-22(20)31)25-23(30)29-12-10-28(11-13-29)15-19-14-17(3)6-7-18(19)4/h6-7,14,16H,8-13,15H2,1-5H3,(H,26,31,32). The van der Waals surface area contributed by atoms with Gasteiger partial charge in [-0.05, 0) is 37.3 Å². The summed E-state index contributed by atoms with van der Waals surface area (Å²) in [6.07, 6.45) is 0.938. The number of aromatic amines is 1. The van der Waals surface area contributed by atoms with E-state index in [2.05, 4.69) is 60.7 Å². The van der Waals surface area contributed by atoms with Crippen LogP contribution in [0.5, 0.6) is 0 Å². The second kappa shape index (κ2) is 8.94. The molecule has 2 aromatic heterocycles. The molecule has 3 heterocycles. The summed E-state index contributed by atoms with van der Waals surface area (Å²) in [6, 6.07) is 6.63. The number of piperazine rings is 1. The highest BCUT2D eigenvalue weighted by Gasteiger charge is 2.25. The lowest BCUT2D eigenvalue weighted by Crippen LogP contribution is -2.47. The number of rotatable bonds is 6. The molecule has 8 nitrogen and oxygen atoms in total. The number of benzene rings is 1. The molecule has 4 rings (SSSR count). The highest BCUT2D eigenvalue weighted by Crippen LogP contribution is 2.23.